The van der Waals surface area contributed by atoms with Gasteiger partial charge in [-0.2, -0.15) is 0 Å². The monoisotopic (exact) mass is 302 g/mol. The second-order valence-electron chi connectivity index (χ2n) is 4.96. The van der Waals surface area contributed by atoms with Gasteiger partial charge in [0, 0.05) is 12.6 Å². The lowest BCUT2D eigenvalue weighted by atomic mass is 10.1. The van der Waals surface area contributed by atoms with Gasteiger partial charge in [-0.05, 0) is 31.5 Å². The first kappa shape index (κ1) is 15.8. The molecular weight excluding hydrogens is 284 g/mol. The lowest BCUT2D eigenvalue weighted by molar-refractivity contribution is -0.144. The maximum Gasteiger partial charge on any atom is 0.310 e. The van der Waals surface area contributed by atoms with E-state index < -0.39 is 0 Å². The minimum absolute atomic E-state index is 0.0253. The van der Waals surface area contributed by atoms with E-state index in [1.807, 2.05) is 13.8 Å². The molecule has 22 heavy (non-hydrogen) atoms. The van der Waals surface area contributed by atoms with Crippen LogP contribution in [0.4, 0.5) is 5.69 Å². The Morgan fingerprint density at radius 1 is 1.23 bits per heavy atom. The number of benzene rings is 1. The van der Waals surface area contributed by atoms with Crippen LogP contribution in [0.1, 0.15) is 29.8 Å². The lowest BCUT2D eigenvalue weighted by Gasteiger charge is -2.05. The molecule has 116 valence electrons. The first-order chi connectivity index (χ1) is 10.4. The van der Waals surface area contributed by atoms with Crippen molar-refractivity contribution in [2.24, 2.45) is 0 Å². The molecule has 1 aromatic heterocycles. The van der Waals surface area contributed by atoms with Crippen LogP contribution in [0.5, 0.6) is 0 Å². The van der Waals surface area contributed by atoms with Gasteiger partial charge < -0.3 is 14.5 Å². The molecule has 1 heterocycles. The Morgan fingerprint density at radius 3 is 2.45 bits per heavy atom. The number of amides is 1. The van der Waals surface area contributed by atoms with E-state index in [1.165, 1.54) is 6.92 Å². The molecule has 1 amide bonds. The van der Waals surface area contributed by atoms with E-state index in [4.69, 9.17) is 9.15 Å². The number of rotatable bonds is 5. The number of aromatic nitrogens is 1. The summed E-state index contributed by atoms with van der Waals surface area (Å²) < 4.78 is 10.5. The van der Waals surface area contributed by atoms with Crippen molar-refractivity contribution in [3.63, 3.8) is 0 Å². The number of nitrogens with zero attached hydrogens (tertiary/aromatic N) is 1. The Morgan fingerprint density at radius 2 is 1.91 bits per heavy atom. The highest BCUT2D eigenvalue weighted by Gasteiger charge is 2.10. The number of nitrogens with one attached hydrogen (secondary N) is 1. The van der Waals surface area contributed by atoms with Crippen LogP contribution < -0.4 is 5.32 Å². The Kier molecular flexibility index (Phi) is 4.93. The van der Waals surface area contributed by atoms with Crippen molar-refractivity contribution in [2.75, 3.05) is 5.32 Å². The van der Waals surface area contributed by atoms with Gasteiger partial charge >= 0.3 is 5.97 Å². The van der Waals surface area contributed by atoms with Gasteiger partial charge in [0.15, 0.2) is 6.61 Å². The van der Waals surface area contributed by atoms with Crippen molar-refractivity contribution < 1.29 is 18.7 Å². The highest BCUT2D eigenvalue weighted by molar-refractivity contribution is 5.88. The minimum Gasteiger partial charge on any atom is -0.455 e. The zero-order chi connectivity index (χ0) is 16.1. The van der Waals surface area contributed by atoms with Crippen LogP contribution in [-0.2, 0) is 27.4 Å². The molecule has 0 aliphatic carbocycles. The van der Waals surface area contributed by atoms with Crippen molar-refractivity contribution in [1.29, 1.82) is 0 Å². The van der Waals surface area contributed by atoms with Crippen molar-refractivity contribution >= 4 is 17.6 Å². The van der Waals surface area contributed by atoms with Crippen LogP contribution in [0.2, 0.25) is 0 Å². The Labute approximate surface area is 128 Å². The summed E-state index contributed by atoms with van der Waals surface area (Å²) in [6, 6.07) is 7.02. The third-order valence-corrected chi connectivity index (χ3v) is 3.05. The molecule has 1 N–H and O–H groups in total. The Hall–Kier alpha value is -2.63. The third kappa shape index (κ3) is 4.44. The van der Waals surface area contributed by atoms with Gasteiger partial charge in [0.05, 0.1) is 12.1 Å². The average Bonchev–Trinajstić information content (AvgIpc) is 2.77. The molecule has 6 heteroatoms. The van der Waals surface area contributed by atoms with Crippen LogP contribution in [0.15, 0.2) is 28.7 Å². The van der Waals surface area contributed by atoms with Gasteiger partial charge in [0.1, 0.15) is 5.76 Å². The molecule has 6 nitrogen and oxygen atoms in total. The molecule has 2 rings (SSSR count). The van der Waals surface area contributed by atoms with Crippen LogP contribution >= 0.6 is 0 Å². The standard InChI is InChI=1S/C16H18N2O4/c1-10-11(2)22-15(17-10)9-21-16(20)8-13-4-6-14(7-5-13)18-12(3)19/h4-7H,8-9H2,1-3H3,(H,18,19). The second kappa shape index (κ2) is 6.89. The number of esters is 1. The maximum atomic E-state index is 11.8. The summed E-state index contributed by atoms with van der Waals surface area (Å²) in [5.41, 5.74) is 2.29. The van der Waals surface area contributed by atoms with Crippen molar-refractivity contribution in [1.82, 2.24) is 4.98 Å². The van der Waals surface area contributed by atoms with Crippen LogP contribution in [0.3, 0.4) is 0 Å². The van der Waals surface area contributed by atoms with Crippen LogP contribution in [0, 0.1) is 13.8 Å². The zero-order valence-corrected chi connectivity index (χ0v) is 12.8. The van der Waals surface area contributed by atoms with Gasteiger partial charge in [-0.1, -0.05) is 12.1 Å². The van der Waals surface area contributed by atoms with E-state index in [0.29, 0.717) is 11.6 Å². The van der Waals surface area contributed by atoms with E-state index in [-0.39, 0.29) is 24.9 Å². The summed E-state index contributed by atoms with van der Waals surface area (Å²) in [4.78, 5) is 26.8. The largest absolute Gasteiger partial charge is 0.455 e. The molecule has 0 aliphatic rings. The molecule has 0 aliphatic heterocycles. The van der Waals surface area contributed by atoms with Crippen molar-refractivity contribution in [2.45, 2.75) is 33.8 Å². The molecule has 0 radical (unpaired) electrons. The number of carbonyl (C=O) groups excluding carboxylic acids is 2. The number of carbonyl (C=O) groups is 2. The fraction of sp³-hybridized carbons (Fsp3) is 0.312. The first-order valence-electron chi connectivity index (χ1n) is 6.89. The Bertz CT molecular complexity index is 654. The highest BCUT2D eigenvalue weighted by atomic mass is 16.5. The molecule has 0 fully saturated rings. The quantitative estimate of drug-likeness (QED) is 0.858. The van der Waals surface area contributed by atoms with Gasteiger partial charge in [-0.25, -0.2) is 4.98 Å². The normalized spacial score (nSPS) is 10.3. The Balaban J connectivity index is 1.85. The molecular formula is C16H18N2O4. The van der Waals surface area contributed by atoms with Crippen LogP contribution in [-0.4, -0.2) is 16.9 Å². The summed E-state index contributed by atoms with van der Waals surface area (Å²) in [6.07, 6.45) is 0.152. The highest BCUT2D eigenvalue weighted by Crippen LogP contribution is 2.12. The van der Waals surface area contributed by atoms with E-state index in [1.54, 1.807) is 24.3 Å². The van der Waals surface area contributed by atoms with E-state index in [9.17, 15) is 9.59 Å². The molecule has 0 spiro atoms. The maximum absolute atomic E-state index is 11.8. The van der Waals surface area contributed by atoms with Gasteiger partial charge in [-0.15, -0.1) is 0 Å². The predicted molar refractivity (Wildman–Crippen MR) is 80.2 cm³/mol. The predicted octanol–water partition coefficient (Wildman–Crippen LogP) is 2.54. The zero-order valence-electron chi connectivity index (χ0n) is 12.8. The fourth-order valence-corrected chi connectivity index (χ4v) is 1.87. The number of hydrogen-bond donors (Lipinski definition) is 1. The lowest BCUT2D eigenvalue weighted by Crippen LogP contribution is -2.09. The molecule has 0 unspecified atom stereocenters. The summed E-state index contributed by atoms with van der Waals surface area (Å²) in [5.74, 6) is 0.619. The van der Waals surface area contributed by atoms with Gasteiger partial charge in [-0.3, -0.25) is 9.59 Å². The number of ether oxygens (including phenoxy) is 1. The van der Waals surface area contributed by atoms with Gasteiger partial charge in [0.2, 0.25) is 11.8 Å². The molecule has 0 atom stereocenters. The topological polar surface area (TPSA) is 81.4 Å². The fourth-order valence-electron chi connectivity index (χ4n) is 1.87. The number of anilines is 1. The van der Waals surface area contributed by atoms with Gasteiger partial charge in [0.25, 0.3) is 0 Å². The average molecular weight is 302 g/mol. The van der Waals surface area contributed by atoms with Crippen LogP contribution in [0.25, 0.3) is 0 Å². The minimum atomic E-state index is -0.360. The molecule has 2 aromatic rings. The molecule has 0 bridgehead atoms. The third-order valence-electron chi connectivity index (χ3n) is 3.05. The first-order valence-corrected chi connectivity index (χ1v) is 6.89. The number of aryl methyl sites for hydroxylation is 2. The molecule has 1 aromatic carbocycles. The summed E-state index contributed by atoms with van der Waals surface area (Å²) >= 11 is 0. The van der Waals surface area contributed by atoms with E-state index in [0.717, 1.165) is 17.0 Å². The number of hydrogen-bond acceptors (Lipinski definition) is 5. The van der Waals surface area contributed by atoms with E-state index >= 15 is 0 Å². The van der Waals surface area contributed by atoms with Crippen molar-refractivity contribution in [3.05, 3.63) is 47.2 Å². The summed E-state index contributed by atoms with van der Waals surface area (Å²) in [5, 5.41) is 2.66. The second-order valence-corrected chi connectivity index (χ2v) is 4.96. The molecule has 0 saturated heterocycles. The van der Waals surface area contributed by atoms with Crippen molar-refractivity contribution in [3.8, 4) is 0 Å². The SMILES string of the molecule is CC(=O)Nc1ccc(CC(=O)OCc2nc(C)c(C)o2)cc1. The summed E-state index contributed by atoms with van der Waals surface area (Å²) in [7, 11) is 0. The molecule has 0 saturated carbocycles. The number of oxazole rings is 1. The smallest absolute Gasteiger partial charge is 0.310 e. The summed E-state index contributed by atoms with van der Waals surface area (Å²) in [6.45, 7) is 5.11. The van der Waals surface area contributed by atoms with E-state index in [2.05, 4.69) is 10.3 Å².